The molecule has 3 aromatic carbocycles. The number of pyridine rings is 1. The average Bonchev–Trinajstić information content (AvgIpc) is 3.96. The summed E-state index contributed by atoms with van der Waals surface area (Å²) >= 11 is 0. The molecule has 3 atom stereocenters. The Hall–Kier alpha value is -6.01. The van der Waals surface area contributed by atoms with Crippen molar-refractivity contribution in [1.29, 1.82) is 0 Å². The molecule has 7 fully saturated rings. The molecular formula is C56H66FN11O5. The molecule has 5 aromatic rings. The Morgan fingerprint density at radius 3 is 2.40 bits per heavy atom. The van der Waals surface area contributed by atoms with E-state index >= 15 is 4.39 Å². The number of hydrogen-bond donors (Lipinski definition) is 3. The molecular weight excluding hydrogens is 926 g/mol. The fourth-order valence-electron chi connectivity index (χ4n) is 13.3. The minimum atomic E-state index is -0.597. The van der Waals surface area contributed by atoms with Crippen molar-refractivity contribution in [2.75, 3.05) is 94.9 Å². The number of aromatic hydroxyl groups is 1. The normalized spacial score (nSPS) is 24.9. The van der Waals surface area contributed by atoms with Gasteiger partial charge in [0.2, 0.25) is 11.8 Å². The van der Waals surface area contributed by atoms with Crippen molar-refractivity contribution in [3.63, 3.8) is 0 Å². The summed E-state index contributed by atoms with van der Waals surface area (Å²) in [5, 5.41) is 19.2. The van der Waals surface area contributed by atoms with Crippen LogP contribution in [0.4, 0.5) is 15.9 Å². The zero-order valence-electron chi connectivity index (χ0n) is 41.8. The molecule has 3 amide bonds. The lowest BCUT2D eigenvalue weighted by atomic mass is 9.94. The number of carbonyl (C=O) groups is 3. The van der Waals surface area contributed by atoms with E-state index in [-0.39, 0.29) is 52.5 Å². The second kappa shape index (κ2) is 18.7. The molecule has 2 aromatic heterocycles. The molecule has 2 bridgehead atoms. The highest BCUT2D eigenvalue weighted by Crippen LogP contribution is 2.47. The predicted octanol–water partition coefficient (Wildman–Crippen LogP) is 5.33. The van der Waals surface area contributed by atoms with Gasteiger partial charge in [0.1, 0.15) is 28.8 Å². The molecule has 6 saturated heterocycles. The van der Waals surface area contributed by atoms with E-state index in [0.29, 0.717) is 65.9 Å². The third-order valence-electron chi connectivity index (χ3n) is 17.7. The van der Waals surface area contributed by atoms with E-state index in [9.17, 15) is 19.5 Å². The van der Waals surface area contributed by atoms with Gasteiger partial charge in [-0.05, 0) is 123 Å². The maximum atomic E-state index is 17.2. The first-order chi connectivity index (χ1) is 35.5. The number of aromatic nitrogens is 3. The number of hydrogen-bond acceptors (Lipinski definition) is 14. The number of rotatable bonds is 13. The van der Waals surface area contributed by atoms with Gasteiger partial charge in [-0.2, -0.15) is 9.97 Å². The van der Waals surface area contributed by atoms with Gasteiger partial charge in [0.15, 0.2) is 5.82 Å². The van der Waals surface area contributed by atoms with Crippen LogP contribution in [0.15, 0.2) is 54.7 Å². The first-order valence-electron chi connectivity index (χ1n) is 27.0. The number of halogens is 1. The van der Waals surface area contributed by atoms with Gasteiger partial charge in [0.25, 0.3) is 5.91 Å². The second-order valence-electron chi connectivity index (χ2n) is 22.6. The number of nitrogens with one attached hydrogen (secondary N) is 2. The zero-order valence-corrected chi connectivity index (χ0v) is 41.8. The van der Waals surface area contributed by atoms with Crippen molar-refractivity contribution >= 4 is 50.9 Å². The standard InChI is InChI=1S/C56H66FN11O5/c1-2-35-4-3-5-36-23-42(69)24-44(48(35)36)50-49(57)51-45(25-58-50)52(67-28-38-6-7-39(29-67)59-38)62-55(61-51)73-33-56(14-15-56)32-64-16-12-34(13-17-64)26-63-18-20-65(21-19-63)41-30-66(31-41)40-8-9-43-37(22-40)27-68(54(43)72)46-10-11-47(70)60-53(46)71/h3-5,8-9,22-25,34,38-39,41,46,59,69H,2,6-7,10-21,26-33H2,1H3,(H,60,70,71). The molecule has 73 heavy (non-hydrogen) atoms. The van der Waals surface area contributed by atoms with Crippen LogP contribution in [0.25, 0.3) is 32.9 Å². The van der Waals surface area contributed by atoms with Gasteiger partial charge in [-0.15, -0.1) is 0 Å². The molecule has 1 aliphatic carbocycles. The van der Waals surface area contributed by atoms with Gasteiger partial charge < -0.3 is 39.7 Å². The van der Waals surface area contributed by atoms with Crippen molar-refractivity contribution in [2.24, 2.45) is 11.3 Å². The average molecular weight is 992 g/mol. The van der Waals surface area contributed by atoms with Crippen LogP contribution in [0.1, 0.15) is 79.8 Å². The molecule has 13 rings (SSSR count). The second-order valence-corrected chi connectivity index (χ2v) is 22.6. The smallest absolute Gasteiger partial charge is 0.319 e. The van der Waals surface area contributed by atoms with E-state index in [1.807, 2.05) is 30.3 Å². The Morgan fingerprint density at radius 1 is 0.849 bits per heavy atom. The number of benzene rings is 3. The Bertz CT molecular complexity index is 2990. The summed E-state index contributed by atoms with van der Waals surface area (Å²) in [5.74, 6) is 0.111. The van der Waals surface area contributed by atoms with E-state index in [2.05, 4.69) is 48.1 Å². The van der Waals surface area contributed by atoms with Crippen LogP contribution in [0, 0.1) is 17.2 Å². The number of aryl methyl sites for hydroxylation is 1. The number of nitrogens with zero attached hydrogens (tertiary/aromatic N) is 9. The Balaban J connectivity index is 0.607. The molecule has 16 nitrogen and oxygen atoms in total. The van der Waals surface area contributed by atoms with Gasteiger partial charge in [-0.25, -0.2) is 4.39 Å². The SMILES string of the molecule is CCc1cccc2cc(O)cc(-c3ncc4c(N5CC6CCC(C5)N6)nc(OCC5(CN6CCC(CN7CCN(C8CN(c9ccc%10c(c9)CN(C9CCC(=O)NC9=O)C%10=O)C8)CC7)CC6)CC5)nc4c3F)c12. The summed E-state index contributed by atoms with van der Waals surface area (Å²) in [4.78, 5) is 66.3. The summed E-state index contributed by atoms with van der Waals surface area (Å²) in [7, 11) is 0. The van der Waals surface area contributed by atoms with Gasteiger partial charge in [0.05, 0.1) is 12.0 Å². The third kappa shape index (κ3) is 8.93. The molecule has 3 N–H and O–H groups in total. The highest BCUT2D eigenvalue weighted by molar-refractivity contribution is 6.06. The lowest BCUT2D eigenvalue weighted by molar-refractivity contribution is -0.136. The highest BCUT2D eigenvalue weighted by atomic mass is 19.1. The van der Waals surface area contributed by atoms with Crippen LogP contribution in [-0.4, -0.2) is 167 Å². The van der Waals surface area contributed by atoms with Crippen LogP contribution >= 0.6 is 0 Å². The van der Waals surface area contributed by atoms with Crippen LogP contribution < -0.4 is 25.2 Å². The summed E-state index contributed by atoms with van der Waals surface area (Å²) in [5.41, 5.74) is 4.73. The first kappa shape index (κ1) is 46.8. The molecule has 3 unspecified atom stereocenters. The summed E-state index contributed by atoms with van der Waals surface area (Å²) in [6.45, 7) is 15.1. The number of piperidine rings is 2. The summed E-state index contributed by atoms with van der Waals surface area (Å²) in [6, 6.07) is 16.2. The van der Waals surface area contributed by atoms with Gasteiger partial charge >= 0.3 is 6.01 Å². The fourth-order valence-corrected chi connectivity index (χ4v) is 13.3. The van der Waals surface area contributed by atoms with E-state index in [0.717, 1.165) is 138 Å². The first-order valence-corrected chi connectivity index (χ1v) is 27.0. The van der Waals surface area contributed by atoms with Crippen LogP contribution in [-0.2, 0) is 22.6 Å². The number of piperazine rings is 2. The van der Waals surface area contributed by atoms with Crippen molar-refractivity contribution in [3.8, 4) is 23.0 Å². The largest absolute Gasteiger partial charge is 0.508 e. The minimum absolute atomic E-state index is 0.0321. The van der Waals surface area contributed by atoms with Crippen LogP contribution in [0.5, 0.6) is 11.8 Å². The molecule has 0 radical (unpaired) electrons. The summed E-state index contributed by atoms with van der Waals surface area (Å²) in [6.07, 6.45) is 9.87. The number of fused-ring (bicyclic) bond motifs is 5. The lowest BCUT2D eigenvalue weighted by Gasteiger charge is -2.49. The third-order valence-corrected chi connectivity index (χ3v) is 17.7. The van der Waals surface area contributed by atoms with E-state index in [1.165, 1.54) is 12.8 Å². The zero-order chi connectivity index (χ0) is 49.5. The number of ether oxygens (including phenoxy) is 1. The van der Waals surface area contributed by atoms with E-state index < -0.39 is 11.9 Å². The summed E-state index contributed by atoms with van der Waals surface area (Å²) < 4.78 is 23.8. The van der Waals surface area contributed by atoms with E-state index in [1.54, 1.807) is 23.2 Å². The number of imide groups is 1. The monoisotopic (exact) mass is 992 g/mol. The Morgan fingerprint density at radius 2 is 1.64 bits per heavy atom. The number of phenols is 1. The van der Waals surface area contributed by atoms with Crippen molar-refractivity contribution < 1.29 is 28.6 Å². The number of anilines is 2. The van der Waals surface area contributed by atoms with Crippen LogP contribution in [0.3, 0.4) is 0 Å². The molecule has 9 heterocycles. The number of amides is 3. The number of likely N-dealkylation sites (tertiary alicyclic amines) is 1. The van der Waals surface area contributed by atoms with Crippen molar-refractivity contribution in [2.45, 2.75) is 95.4 Å². The van der Waals surface area contributed by atoms with Gasteiger partial charge in [-0.1, -0.05) is 25.1 Å². The van der Waals surface area contributed by atoms with Crippen LogP contribution in [0.2, 0.25) is 0 Å². The number of phenolic OH excluding ortho intramolecular Hbond substituents is 1. The Kier molecular flexibility index (Phi) is 12.0. The predicted molar refractivity (Wildman–Crippen MR) is 276 cm³/mol. The maximum Gasteiger partial charge on any atom is 0.319 e. The molecule has 0 spiro atoms. The molecule has 382 valence electrons. The highest BCUT2D eigenvalue weighted by Gasteiger charge is 2.46. The molecule has 1 saturated carbocycles. The quantitative estimate of drug-likeness (QED) is 0.130. The lowest BCUT2D eigenvalue weighted by Crippen LogP contribution is -2.63. The number of carbonyl (C=O) groups excluding carboxylic acids is 3. The van der Waals surface area contributed by atoms with Gasteiger partial charge in [-0.3, -0.25) is 29.6 Å². The molecule has 7 aliphatic heterocycles. The van der Waals surface area contributed by atoms with E-state index in [4.69, 9.17) is 19.7 Å². The molecule has 17 heteroatoms. The fraction of sp³-hybridized carbons (Fsp3) is 0.536. The minimum Gasteiger partial charge on any atom is -0.508 e. The topological polar surface area (TPSA) is 163 Å². The molecule has 8 aliphatic rings. The van der Waals surface area contributed by atoms with Gasteiger partial charge in [0, 0.05) is 125 Å². The Labute approximate surface area is 425 Å². The van der Waals surface area contributed by atoms with Crippen molar-refractivity contribution in [3.05, 3.63) is 77.2 Å². The van der Waals surface area contributed by atoms with Crippen molar-refractivity contribution in [1.82, 2.24) is 45.2 Å². The maximum absolute atomic E-state index is 17.2.